The molecule has 0 saturated heterocycles. The highest BCUT2D eigenvalue weighted by atomic mass is 19.1. The zero-order valence-corrected chi connectivity index (χ0v) is 18.9. The zero-order chi connectivity index (χ0) is 21.1. The van der Waals surface area contributed by atoms with Gasteiger partial charge < -0.3 is 0 Å². The van der Waals surface area contributed by atoms with Crippen molar-refractivity contribution in [3.63, 3.8) is 0 Å². The minimum absolute atomic E-state index is 0.224. The lowest BCUT2D eigenvalue weighted by Gasteiger charge is -2.45. The summed E-state index contributed by atoms with van der Waals surface area (Å²) >= 11 is 0. The summed E-state index contributed by atoms with van der Waals surface area (Å²) in [6.45, 7) is 6.02. The zero-order valence-electron chi connectivity index (χ0n) is 18.9. The first-order chi connectivity index (χ1) is 14.6. The Morgan fingerprint density at radius 3 is 2.03 bits per heavy atom. The molecule has 166 valence electrons. The van der Waals surface area contributed by atoms with Crippen molar-refractivity contribution in [2.24, 2.45) is 29.6 Å². The van der Waals surface area contributed by atoms with Crippen LogP contribution in [0.5, 0.6) is 0 Å². The molecule has 0 bridgehead atoms. The van der Waals surface area contributed by atoms with Gasteiger partial charge in [-0.05, 0) is 124 Å². The second kappa shape index (κ2) is 9.96. The van der Waals surface area contributed by atoms with Gasteiger partial charge in [-0.15, -0.1) is 6.58 Å². The molecule has 0 heterocycles. The van der Waals surface area contributed by atoms with Crippen LogP contribution >= 0.6 is 0 Å². The van der Waals surface area contributed by atoms with E-state index < -0.39 is 0 Å². The van der Waals surface area contributed by atoms with Crippen LogP contribution in [-0.2, 0) is 6.42 Å². The molecular formula is C28H40F2. The van der Waals surface area contributed by atoms with E-state index in [-0.39, 0.29) is 17.2 Å². The van der Waals surface area contributed by atoms with E-state index in [1.165, 1.54) is 57.8 Å². The fourth-order valence-electron chi connectivity index (χ4n) is 7.09. The molecule has 2 heteroatoms. The molecule has 0 aromatic heterocycles. The number of benzene rings is 1. The van der Waals surface area contributed by atoms with Gasteiger partial charge in [-0.1, -0.05) is 25.8 Å². The van der Waals surface area contributed by atoms with Gasteiger partial charge in [0.25, 0.3) is 0 Å². The molecule has 1 aromatic carbocycles. The Kier molecular flexibility index (Phi) is 7.32. The van der Waals surface area contributed by atoms with Crippen LogP contribution in [0.25, 0.3) is 0 Å². The Balaban J connectivity index is 1.32. The number of rotatable bonds is 6. The molecule has 0 amide bonds. The maximum atomic E-state index is 14.5. The monoisotopic (exact) mass is 414 g/mol. The maximum Gasteiger partial charge on any atom is 0.129 e. The van der Waals surface area contributed by atoms with Gasteiger partial charge in [0.2, 0.25) is 0 Å². The van der Waals surface area contributed by atoms with Crippen LogP contribution in [0, 0.1) is 41.2 Å². The second-order valence-corrected chi connectivity index (χ2v) is 10.6. The largest absolute Gasteiger partial charge is 0.207 e. The van der Waals surface area contributed by atoms with Crippen molar-refractivity contribution in [2.75, 3.05) is 0 Å². The van der Waals surface area contributed by atoms with Crippen LogP contribution in [-0.4, -0.2) is 0 Å². The number of allylic oxidation sites excluding steroid dienone is 1. The Hall–Kier alpha value is -1.18. The predicted octanol–water partition coefficient (Wildman–Crippen LogP) is 8.60. The molecule has 3 aliphatic carbocycles. The van der Waals surface area contributed by atoms with Crippen molar-refractivity contribution in [1.29, 1.82) is 0 Å². The number of fused-ring (bicyclic) bond motifs is 1. The first kappa shape index (κ1) is 22.0. The molecule has 0 aliphatic heterocycles. The second-order valence-electron chi connectivity index (χ2n) is 10.6. The summed E-state index contributed by atoms with van der Waals surface area (Å²) in [7, 11) is 0. The van der Waals surface area contributed by atoms with Crippen molar-refractivity contribution in [3.05, 3.63) is 47.5 Å². The molecule has 0 N–H and O–H groups in total. The third-order valence-corrected chi connectivity index (χ3v) is 9.01. The summed E-state index contributed by atoms with van der Waals surface area (Å²) in [5.41, 5.74) is 1.11. The van der Waals surface area contributed by atoms with Crippen LogP contribution in [0.4, 0.5) is 8.78 Å². The maximum absolute atomic E-state index is 14.5. The molecule has 4 atom stereocenters. The van der Waals surface area contributed by atoms with Gasteiger partial charge in [-0.3, -0.25) is 0 Å². The third-order valence-electron chi connectivity index (χ3n) is 9.01. The number of halogens is 2. The predicted molar refractivity (Wildman–Crippen MR) is 122 cm³/mol. The van der Waals surface area contributed by atoms with E-state index in [0.717, 1.165) is 48.0 Å². The van der Waals surface area contributed by atoms with Crippen LogP contribution in [0.2, 0.25) is 0 Å². The lowest BCUT2D eigenvalue weighted by Crippen LogP contribution is -2.34. The summed E-state index contributed by atoms with van der Waals surface area (Å²) in [5, 5.41) is 0. The SMILES string of the molecule is C=CCCc1c(F)cc(C2CCC(C3CCC4CC(CC)CCC4C3)CC2)cc1F. The van der Waals surface area contributed by atoms with Gasteiger partial charge in [0.1, 0.15) is 11.6 Å². The van der Waals surface area contributed by atoms with Gasteiger partial charge in [0.05, 0.1) is 0 Å². The van der Waals surface area contributed by atoms with E-state index in [2.05, 4.69) is 13.5 Å². The normalized spacial score (nSPS) is 34.4. The molecule has 3 aliphatic rings. The summed E-state index contributed by atoms with van der Waals surface area (Å²) in [4.78, 5) is 0. The van der Waals surface area contributed by atoms with Gasteiger partial charge in [0.15, 0.2) is 0 Å². The molecule has 3 fully saturated rings. The number of hydrogen-bond acceptors (Lipinski definition) is 0. The Morgan fingerprint density at radius 2 is 1.40 bits per heavy atom. The summed E-state index contributed by atoms with van der Waals surface area (Å²) in [5.74, 6) is 4.31. The molecule has 0 radical (unpaired) electrons. The topological polar surface area (TPSA) is 0 Å². The fourth-order valence-corrected chi connectivity index (χ4v) is 7.09. The first-order valence-electron chi connectivity index (χ1n) is 12.7. The molecule has 4 rings (SSSR count). The minimum Gasteiger partial charge on any atom is -0.207 e. The van der Waals surface area contributed by atoms with Gasteiger partial charge in [-0.2, -0.15) is 0 Å². The van der Waals surface area contributed by atoms with Crippen molar-refractivity contribution in [3.8, 4) is 0 Å². The lowest BCUT2D eigenvalue weighted by atomic mass is 9.60. The Bertz CT molecular complexity index is 692. The van der Waals surface area contributed by atoms with Crippen LogP contribution in [0.1, 0.15) is 101 Å². The molecule has 1 aromatic rings. The summed E-state index contributed by atoms with van der Waals surface area (Å²) in [6, 6.07) is 3.23. The lowest BCUT2D eigenvalue weighted by molar-refractivity contribution is 0.0629. The molecule has 4 unspecified atom stereocenters. The van der Waals surface area contributed by atoms with Crippen molar-refractivity contribution < 1.29 is 8.78 Å². The van der Waals surface area contributed by atoms with Crippen molar-refractivity contribution in [1.82, 2.24) is 0 Å². The first-order valence-corrected chi connectivity index (χ1v) is 12.7. The Labute approximate surface area is 182 Å². The number of hydrogen-bond donors (Lipinski definition) is 0. The van der Waals surface area contributed by atoms with E-state index in [9.17, 15) is 8.78 Å². The highest BCUT2D eigenvalue weighted by molar-refractivity contribution is 5.29. The summed E-state index contributed by atoms with van der Waals surface area (Å²) < 4.78 is 29.0. The van der Waals surface area contributed by atoms with Gasteiger partial charge >= 0.3 is 0 Å². The van der Waals surface area contributed by atoms with E-state index in [1.807, 2.05) is 0 Å². The Morgan fingerprint density at radius 1 is 0.833 bits per heavy atom. The van der Waals surface area contributed by atoms with E-state index in [0.29, 0.717) is 18.8 Å². The highest BCUT2D eigenvalue weighted by Gasteiger charge is 2.38. The van der Waals surface area contributed by atoms with Gasteiger partial charge in [-0.25, -0.2) is 8.78 Å². The van der Waals surface area contributed by atoms with E-state index in [4.69, 9.17) is 0 Å². The van der Waals surface area contributed by atoms with Gasteiger partial charge in [0, 0.05) is 5.56 Å². The van der Waals surface area contributed by atoms with Crippen molar-refractivity contribution in [2.45, 2.75) is 96.3 Å². The average Bonchev–Trinajstić information content (AvgIpc) is 2.78. The van der Waals surface area contributed by atoms with Crippen LogP contribution < -0.4 is 0 Å². The van der Waals surface area contributed by atoms with Crippen molar-refractivity contribution >= 4 is 0 Å². The molecule has 3 saturated carbocycles. The van der Waals surface area contributed by atoms with E-state index >= 15 is 0 Å². The summed E-state index contributed by atoms with van der Waals surface area (Å²) in [6.07, 6.45) is 17.5. The smallest absolute Gasteiger partial charge is 0.129 e. The quantitative estimate of drug-likeness (QED) is 0.409. The fraction of sp³-hybridized carbons (Fsp3) is 0.714. The van der Waals surface area contributed by atoms with Crippen LogP contribution in [0.3, 0.4) is 0 Å². The molecule has 30 heavy (non-hydrogen) atoms. The standard InChI is InChI=1S/C28H40F2/c1-3-5-6-26-27(29)17-25(18-28(26)30)21-11-9-20(10-12-21)23-14-13-22-15-19(4-2)7-8-24(22)16-23/h3,17-24H,1,4-16H2,2H3. The third kappa shape index (κ3) is 4.83. The molecule has 0 nitrogen and oxygen atoms in total. The molecule has 0 spiro atoms. The minimum atomic E-state index is -0.366. The van der Waals surface area contributed by atoms with E-state index in [1.54, 1.807) is 18.2 Å². The molecular weight excluding hydrogens is 374 g/mol. The highest BCUT2D eigenvalue weighted by Crippen LogP contribution is 2.50. The average molecular weight is 415 g/mol. The van der Waals surface area contributed by atoms with Crippen LogP contribution in [0.15, 0.2) is 24.8 Å².